The molecule has 0 heterocycles. The van der Waals surface area contributed by atoms with E-state index in [1.807, 2.05) is 13.8 Å². The first-order valence-corrected chi connectivity index (χ1v) is 17.0. The number of aliphatic carboxylic acids is 1. The predicted octanol–water partition coefficient (Wildman–Crippen LogP) is -4.33. The summed E-state index contributed by atoms with van der Waals surface area (Å²) in [4.78, 5) is 77.1. The number of aliphatic imine (C=N–C) groups is 3. The molecular weight excluding hydrogens is 666 g/mol. The first-order chi connectivity index (χ1) is 24.0. The van der Waals surface area contributed by atoms with Gasteiger partial charge in [-0.1, -0.05) is 13.8 Å². The zero-order chi connectivity index (χ0) is 38.9. The number of carbonyl (C=O) groups is 5. The van der Waals surface area contributed by atoms with Crippen LogP contribution in [0.3, 0.4) is 0 Å². The van der Waals surface area contributed by atoms with Gasteiger partial charge >= 0.3 is 5.97 Å². The molecule has 292 valence electrons. The van der Waals surface area contributed by atoms with Crippen molar-refractivity contribution in [3.05, 3.63) is 0 Å². The van der Waals surface area contributed by atoms with Gasteiger partial charge in [-0.2, -0.15) is 0 Å². The highest BCUT2D eigenvalue weighted by Crippen LogP contribution is 2.10. The Kier molecular flexibility index (Phi) is 23.5. The first-order valence-electron chi connectivity index (χ1n) is 17.0. The Balaban J connectivity index is 5.98. The maximum Gasteiger partial charge on any atom is 0.326 e. The molecule has 0 spiro atoms. The molecule has 51 heavy (non-hydrogen) atoms. The minimum Gasteiger partial charge on any atom is -0.480 e. The Morgan fingerprint density at radius 3 is 1.35 bits per heavy atom. The maximum absolute atomic E-state index is 13.7. The van der Waals surface area contributed by atoms with Gasteiger partial charge in [-0.15, -0.1) is 0 Å². The minimum absolute atomic E-state index is 0.0313. The number of carboxylic acid groups (broad SMARTS) is 1. The molecule has 0 aromatic carbocycles. The fourth-order valence-corrected chi connectivity index (χ4v) is 4.74. The molecule has 4 amide bonds. The molecule has 0 rings (SSSR count). The third-order valence-electron chi connectivity index (χ3n) is 7.36. The summed E-state index contributed by atoms with van der Waals surface area (Å²) in [7, 11) is 0. The van der Waals surface area contributed by atoms with Gasteiger partial charge in [-0.25, -0.2) is 4.79 Å². The van der Waals surface area contributed by atoms with E-state index in [-0.39, 0.29) is 82.0 Å². The highest BCUT2D eigenvalue weighted by molar-refractivity contribution is 5.95. The predicted molar refractivity (Wildman–Crippen MR) is 195 cm³/mol. The number of rotatable bonds is 27. The van der Waals surface area contributed by atoms with Gasteiger partial charge in [0.15, 0.2) is 17.9 Å². The van der Waals surface area contributed by atoms with Crippen molar-refractivity contribution in [1.29, 1.82) is 0 Å². The molecule has 21 heteroatoms. The van der Waals surface area contributed by atoms with Gasteiger partial charge < -0.3 is 72.2 Å². The Morgan fingerprint density at radius 2 is 0.922 bits per heavy atom. The van der Waals surface area contributed by atoms with Crippen LogP contribution in [0.2, 0.25) is 0 Å². The van der Waals surface area contributed by atoms with Crippen LogP contribution in [0.15, 0.2) is 15.0 Å². The third-order valence-corrected chi connectivity index (χ3v) is 7.36. The van der Waals surface area contributed by atoms with Crippen LogP contribution in [0.5, 0.6) is 0 Å². The number of unbranched alkanes of at least 4 members (excludes halogenated alkanes) is 1. The molecule has 0 aliphatic heterocycles. The quantitative estimate of drug-likeness (QED) is 0.0216. The first kappa shape index (κ1) is 46.1. The average molecular weight is 728 g/mol. The van der Waals surface area contributed by atoms with E-state index >= 15 is 0 Å². The molecule has 0 unspecified atom stereocenters. The van der Waals surface area contributed by atoms with Gasteiger partial charge in [-0.05, 0) is 76.7 Å². The summed E-state index contributed by atoms with van der Waals surface area (Å²) in [6.07, 6.45) is 2.69. The summed E-state index contributed by atoms with van der Waals surface area (Å²) in [5.74, 6) is -4.39. The molecule has 21 N–H and O–H groups in total. The number of guanidine groups is 3. The molecule has 21 nitrogen and oxygen atoms in total. The molecule has 0 radical (unpaired) electrons. The molecule has 0 bridgehead atoms. The third kappa shape index (κ3) is 22.4. The van der Waals surface area contributed by atoms with E-state index in [2.05, 4.69) is 36.2 Å². The van der Waals surface area contributed by atoms with Gasteiger partial charge in [-0.3, -0.25) is 34.2 Å². The van der Waals surface area contributed by atoms with Crippen molar-refractivity contribution in [2.75, 3.05) is 26.2 Å². The molecule has 0 aliphatic rings. The SMILES string of the molecule is CC(C)C[C@H](NC(=O)[C@H](CCCN=C(N)N)NC(=O)[C@@H](N)CCCN=C(N)N)C(=O)N[C@@H](CCCCN)C(=O)N[C@@H](CCCN=C(N)N)C(=O)O. The lowest BCUT2D eigenvalue weighted by Crippen LogP contribution is -2.58. The topological polar surface area (TPSA) is 399 Å². The average Bonchev–Trinajstić information content (AvgIpc) is 3.03. The molecule has 0 saturated heterocycles. The van der Waals surface area contributed by atoms with Crippen LogP contribution in [0.4, 0.5) is 0 Å². The fourth-order valence-electron chi connectivity index (χ4n) is 4.74. The molecule has 0 saturated carbocycles. The van der Waals surface area contributed by atoms with Crippen LogP contribution in [0.1, 0.15) is 78.1 Å². The second-order valence-electron chi connectivity index (χ2n) is 12.4. The van der Waals surface area contributed by atoms with Crippen LogP contribution in [-0.2, 0) is 24.0 Å². The van der Waals surface area contributed by atoms with Gasteiger partial charge in [0.25, 0.3) is 0 Å². The standard InChI is InChI=1S/C30H61N15O6/c1-17(2)16-22(26(49)43-19(9-3-4-12-31)24(47)44-21(27(50)51)11-7-15-41-30(37)38)45-25(48)20(10-6-14-40-29(35)36)42-23(46)18(32)8-5-13-39-28(33)34/h17-22H,3-16,31-32H2,1-2H3,(H,42,46)(H,43,49)(H,44,47)(H,45,48)(H,50,51)(H4,33,34,39)(H4,35,36,40)(H4,37,38,41)/t18-,19-,20-,21-,22-/m0/s1. The van der Waals surface area contributed by atoms with Crippen LogP contribution < -0.4 is 67.1 Å². The number of hydrogen-bond donors (Lipinski definition) is 13. The lowest BCUT2D eigenvalue weighted by atomic mass is 10.0. The highest BCUT2D eigenvalue weighted by Gasteiger charge is 2.32. The summed E-state index contributed by atoms with van der Waals surface area (Å²) in [6.45, 7) is 4.62. The number of carbonyl (C=O) groups excluding carboxylic acids is 4. The Hall–Kier alpha value is -4.92. The second-order valence-corrected chi connectivity index (χ2v) is 12.4. The number of hydrogen-bond acceptors (Lipinski definition) is 10. The van der Waals surface area contributed by atoms with Crippen molar-refractivity contribution in [3.8, 4) is 0 Å². The largest absolute Gasteiger partial charge is 0.480 e. The van der Waals surface area contributed by atoms with E-state index in [1.54, 1.807) is 0 Å². The zero-order valence-electron chi connectivity index (χ0n) is 29.8. The normalized spacial score (nSPS) is 13.7. The molecule has 0 fully saturated rings. The summed E-state index contributed by atoms with van der Waals surface area (Å²) in [6, 6.07) is -5.62. The lowest BCUT2D eigenvalue weighted by molar-refractivity contribution is -0.142. The molecule has 0 aromatic rings. The van der Waals surface area contributed by atoms with Crippen molar-refractivity contribution in [1.82, 2.24) is 21.3 Å². The summed E-state index contributed by atoms with van der Waals surface area (Å²) in [5, 5.41) is 20.2. The molecule has 0 aliphatic carbocycles. The van der Waals surface area contributed by atoms with Crippen molar-refractivity contribution in [2.45, 2.75) is 108 Å². The number of nitrogens with zero attached hydrogens (tertiary/aromatic N) is 3. The molecule has 0 aromatic heterocycles. The number of nitrogens with one attached hydrogen (secondary N) is 4. The van der Waals surface area contributed by atoms with E-state index in [1.165, 1.54) is 0 Å². The van der Waals surface area contributed by atoms with Crippen LogP contribution in [0.25, 0.3) is 0 Å². The summed E-state index contributed by atoms with van der Waals surface area (Å²) >= 11 is 0. The van der Waals surface area contributed by atoms with Gasteiger partial charge in [0.2, 0.25) is 23.6 Å². The monoisotopic (exact) mass is 727 g/mol. The number of nitrogens with two attached hydrogens (primary N) is 8. The molecular formula is C30H61N15O6. The molecule has 5 atom stereocenters. The maximum atomic E-state index is 13.7. The van der Waals surface area contributed by atoms with Crippen molar-refractivity contribution >= 4 is 47.5 Å². The summed E-state index contributed by atoms with van der Waals surface area (Å²) < 4.78 is 0. The Bertz CT molecular complexity index is 1180. The van der Waals surface area contributed by atoms with Gasteiger partial charge in [0.1, 0.15) is 24.2 Å². The highest BCUT2D eigenvalue weighted by atomic mass is 16.4. The minimum atomic E-state index is -1.27. The fraction of sp³-hybridized carbons (Fsp3) is 0.733. The Labute approximate surface area is 299 Å². The van der Waals surface area contributed by atoms with E-state index in [0.29, 0.717) is 32.2 Å². The second kappa shape index (κ2) is 26.0. The van der Waals surface area contributed by atoms with E-state index < -0.39 is 59.8 Å². The Morgan fingerprint density at radius 1 is 0.549 bits per heavy atom. The van der Waals surface area contributed by atoms with Crippen LogP contribution in [-0.4, -0.2) is 109 Å². The zero-order valence-corrected chi connectivity index (χ0v) is 29.8. The van der Waals surface area contributed by atoms with Crippen molar-refractivity contribution in [3.63, 3.8) is 0 Å². The smallest absolute Gasteiger partial charge is 0.326 e. The number of amides is 4. The van der Waals surface area contributed by atoms with Crippen molar-refractivity contribution < 1.29 is 29.1 Å². The lowest BCUT2D eigenvalue weighted by Gasteiger charge is -2.27. The van der Waals surface area contributed by atoms with Crippen LogP contribution >= 0.6 is 0 Å². The van der Waals surface area contributed by atoms with Crippen LogP contribution in [0, 0.1) is 5.92 Å². The summed E-state index contributed by atoms with van der Waals surface area (Å²) in [5.41, 5.74) is 43.8. The van der Waals surface area contributed by atoms with Gasteiger partial charge in [0.05, 0.1) is 6.04 Å². The van der Waals surface area contributed by atoms with E-state index in [0.717, 1.165) is 0 Å². The number of carboxylic acids is 1. The van der Waals surface area contributed by atoms with E-state index in [4.69, 9.17) is 45.9 Å². The van der Waals surface area contributed by atoms with E-state index in [9.17, 15) is 29.1 Å². The van der Waals surface area contributed by atoms with Crippen molar-refractivity contribution in [2.24, 2.45) is 66.8 Å². The van der Waals surface area contributed by atoms with Gasteiger partial charge in [0, 0.05) is 19.6 Å².